The first kappa shape index (κ1) is 27.9. The van der Waals surface area contributed by atoms with Gasteiger partial charge in [-0.1, -0.05) is 91.0 Å². The quantitative estimate of drug-likeness (QED) is 0.174. The lowest BCUT2D eigenvalue weighted by atomic mass is 10.0. The van der Waals surface area contributed by atoms with Gasteiger partial charge in [-0.25, -0.2) is 0 Å². The first-order valence-electron chi connectivity index (χ1n) is 14.4. The van der Waals surface area contributed by atoms with Gasteiger partial charge in [-0.3, -0.25) is 9.78 Å². The van der Waals surface area contributed by atoms with Gasteiger partial charge in [-0.15, -0.1) is 0 Å². The van der Waals surface area contributed by atoms with Crippen molar-refractivity contribution in [3.8, 4) is 22.6 Å². The number of nitrogens with zero attached hydrogens (tertiary/aromatic N) is 2. The molecule has 0 saturated heterocycles. The Morgan fingerprint density at radius 3 is 2.14 bits per heavy atom. The van der Waals surface area contributed by atoms with E-state index >= 15 is 0 Å². The predicted molar refractivity (Wildman–Crippen MR) is 169 cm³/mol. The fourth-order valence-corrected chi connectivity index (χ4v) is 5.00. The van der Waals surface area contributed by atoms with Crippen molar-refractivity contribution in [2.24, 2.45) is 0 Å². The highest BCUT2D eigenvalue weighted by Crippen LogP contribution is 2.32. The largest absolute Gasteiger partial charge is 0.454 e. The molecule has 0 fully saturated rings. The van der Waals surface area contributed by atoms with E-state index in [2.05, 4.69) is 64.9 Å². The van der Waals surface area contributed by atoms with Crippen molar-refractivity contribution < 1.29 is 14.3 Å². The summed E-state index contributed by atoms with van der Waals surface area (Å²) in [7, 11) is 0. The van der Waals surface area contributed by atoms with Crippen LogP contribution in [0, 0.1) is 0 Å². The molecule has 5 aromatic rings. The summed E-state index contributed by atoms with van der Waals surface area (Å²) < 4.78 is 10.9. The van der Waals surface area contributed by atoms with Crippen LogP contribution in [0.25, 0.3) is 17.2 Å². The average molecular weight is 568 g/mol. The third-order valence-corrected chi connectivity index (χ3v) is 7.34. The summed E-state index contributed by atoms with van der Waals surface area (Å²) in [6.45, 7) is 2.80. The summed E-state index contributed by atoms with van der Waals surface area (Å²) in [6.07, 6.45) is 7.05. The molecule has 4 aromatic carbocycles. The van der Waals surface area contributed by atoms with Crippen LogP contribution in [-0.4, -0.2) is 22.6 Å². The Hall–Kier alpha value is -5.20. The smallest absolute Gasteiger partial charge is 0.247 e. The third kappa shape index (κ3) is 7.56. The van der Waals surface area contributed by atoms with Crippen LogP contribution in [0.4, 0.5) is 0 Å². The number of hydrogen-bond donors (Lipinski definition) is 1. The van der Waals surface area contributed by atoms with Crippen molar-refractivity contribution in [2.45, 2.75) is 26.2 Å². The topological polar surface area (TPSA) is 63.7 Å². The standard InChI is InChI=1S/C37H33N3O3/c41-37(19-13-28-5-2-1-3-6-28)40(26-32-7-4-20-38-24-32)25-30-10-16-34(17-11-30)33-14-8-29(9-15-33)22-39-23-31-12-18-35-36(21-31)43-27-42-35/h1-21,24,39H,22-23,25-27H2. The maximum absolute atomic E-state index is 13.2. The van der Waals surface area contributed by atoms with Crippen molar-refractivity contribution in [3.05, 3.63) is 155 Å². The number of fused-ring (bicyclic) bond motifs is 1. The molecule has 1 aromatic heterocycles. The number of amides is 1. The third-order valence-electron chi connectivity index (χ3n) is 7.34. The van der Waals surface area contributed by atoms with E-state index < -0.39 is 0 Å². The minimum atomic E-state index is -0.0421. The van der Waals surface area contributed by atoms with Gasteiger partial charge < -0.3 is 19.7 Å². The highest BCUT2D eigenvalue weighted by Gasteiger charge is 2.14. The molecule has 0 unspecified atom stereocenters. The molecule has 214 valence electrons. The van der Waals surface area contributed by atoms with Gasteiger partial charge in [0.1, 0.15) is 0 Å². The zero-order valence-corrected chi connectivity index (χ0v) is 23.9. The van der Waals surface area contributed by atoms with Gasteiger partial charge in [0.2, 0.25) is 12.7 Å². The minimum Gasteiger partial charge on any atom is -0.454 e. The summed E-state index contributed by atoms with van der Waals surface area (Å²) in [6, 6.07) is 36.8. The van der Waals surface area contributed by atoms with Crippen molar-refractivity contribution in [1.82, 2.24) is 15.2 Å². The van der Waals surface area contributed by atoms with Gasteiger partial charge in [0.05, 0.1) is 0 Å². The molecule has 0 radical (unpaired) electrons. The first-order chi connectivity index (χ1) is 21.2. The molecule has 0 atom stereocenters. The van der Waals surface area contributed by atoms with Crippen LogP contribution < -0.4 is 14.8 Å². The first-order valence-corrected chi connectivity index (χ1v) is 14.4. The Morgan fingerprint density at radius 2 is 1.40 bits per heavy atom. The Morgan fingerprint density at radius 1 is 0.721 bits per heavy atom. The Kier molecular flexibility index (Phi) is 8.87. The van der Waals surface area contributed by atoms with Crippen molar-refractivity contribution in [1.29, 1.82) is 0 Å². The van der Waals surface area contributed by atoms with Gasteiger partial charge in [-0.2, -0.15) is 0 Å². The molecular weight excluding hydrogens is 534 g/mol. The number of carbonyl (C=O) groups is 1. The molecule has 1 N–H and O–H groups in total. The molecule has 1 aliphatic heterocycles. The molecule has 6 rings (SSSR count). The molecule has 6 nitrogen and oxygen atoms in total. The van der Waals surface area contributed by atoms with Gasteiger partial charge >= 0.3 is 0 Å². The van der Waals surface area contributed by atoms with E-state index in [0.29, 0.717) is 19.9 Å². The number of hydrogen-bond acceptors (Lipinski definition) is 5. The zero-order valence-electron chi connectivity index (χ0n) is 23.9. The Labute approximate surface area is 252 Å². The monoisotopic (exact) mass is 567 g/mol. The average Bonchev–Trinajstić information content (AvgIpc) is 3.53. The van der Waals surface area contributed by atoms with Gasteiger partial charge in [0, 0.05) is 44.6 Å². The summed E-state index contributed by atoms with van der Waals surface area (Å²) >= 11 is 0. The SMILES string of the molecule is O=C(C=Cc1ccccc1)N(Cc1ccc(-c2ccc(CNCc3ccc4c(c3)OCO4)cc2)cc1)Cc1cccnc1. The van der Waals surface area contributed by atoms with Crippen LogP contribution in [0.1, 0.15) is 27.8 Å². The predicted octanol–water partition coefficient (Wildman–Crippen LogP) is 7.01. The van der Waals surface area contributed by atoms with Crippen LogP contribution in [-0.2, 0) is 31.0 Å². The summed E-state index contributed by atoms with van der Waals surface area (Å²) in [5.74, 6) is 1.57. The van der Waals surface area contributed by atoms with Crippen LogP contribution >= 0.6 is 0 Å². The molecular formula is C37H33N3O3. The van der Waals surface area contributed by atoms with Gasteiger partial charge in [-0.05, 0) is 63.2 Å². The fourth-order valence-electron chi connectivity index (χ4n) is 5.00. The number of nitrogens with one attached hydrogen (secondary N) is 1. The lowest BCUT2D eigenvalue weighted by Crippen LogP contribution is -2.28. The molecule has 0 saturated carbocycles. The van der Waals surface area contributed by atoms with Crippen LogP contribution in [0.3, 0.4) is 0 Å². The molecule has 0 spiro atoms. The second-order valence-corrected chi connectivity index (χ2v) is 10.5. The zero-order chi connectivity index (χ0) is 29.3. The minimum absolute atomic E-state index is 0.0421. The van der Waals surface area contributed by atoms with Gasteiger partial charge in [0.25, 0.3) is 0 Å². The van der Waals surface area contributed by atoms with Crippen molar-refractivity contribution >= 4 is 12.0 Å². The number of carbonyl (C=O) groups excluding carboxylic acids is 1. The number of pyridine rings is 1. The molecule has 2 heterocycles. The van der Waals surface area contributed by atoms with Crippen molar-refractivity contribution in [2.75, 3.05) is 6.79 Å². The maximum atomic E-state index is 13.2. The molecule has 43 heavy (non-hydrogen) atoms. The lowest BCUT2D eigenvalue weighted by molar-refractivity contribution is -0.127. The van der Waals surface area contributed by atoms with E-state index in [9.17, 15) is 4.79 Å². The molecule has 0 bridgehead atoms. The molecule has 1 amide bonds. The van der Waals surface area contributed by atoms with Crippen LogP contribution in [0.15, 0.2) is 128 Å². The second kappa shape index (κ2) is 13.6. The molecule has 1 aliphatic rings. The molecule has 6 heteroatoms. The summed E-state index contributed by atoms with van der Waals surface area (Å²) in [5.41, 5.74) is 7.72. The van der Waals surface area contributed by atoms with Crippen LogP contribution in [0.2, 0.25) is 0 Å². The summed E-state index contributed by atoms with van der Waals surface area (Å²) in [4.78, 5) is 19.3. The Bertz CT molecular complexity index is 1670. The van der Waals surface area contributed by atoms with E-state index in [-0.39, 0.29) is 5.91 Å². The van der Waals surface area contributed by atoms with E-state index in [4.69, 9.17) is 9.47 Å². The maximum Gasteiger partial charge on any atom is 0.247 e. The van der Waals surface area contributed by atoms with E-state index in [1.165, 1.54) is 5.56 Å². The van der Waals surface area contributed by atoms with Gasteiger partial charge in [0.15, 0.2) is 11.5 Å². The Balaban J connectivity index is 1.07. The normalized spacial score (nSPS) is 12.0. The van der Waals surface area contributed by atoms with Crippen molar-refractivity contribution in [3.63, 3.8) is 0 Å². The number of aromatic nitrogens is 1. The van der Waals surface area contributed by atoms with E-state index in [1.54, 1.807) is 18.5 Å². The number of benzene rings is 4. The van der Waals surface area contributed by atoms with Crippen LogP contribution in [0.5, 0.6) is 11.5 Å². The molecule has 0 aliphatic carbocycles. The van der Waals surface area contributed by atoms with E-state index in [1.807, 2.05) is 65.6 Å². The highest BCUT2D eigenvalue weighted by atomic mass is 16.7. The number of rotatable bonds is 11. The highest BCUT2D eigenvalue weighted by molar-refractivity contribution is 5.91. The fraction of sp³-hybridized carbons (Fsp3) is 0.135. The van der Waals surface area contributed by atoms with E-state index in [0.717, 1.165) is 58.0 Å². The second-order valence-electron chi connectivity index (χ2n) is 10.5. The summed E-state index contributed by atoms with van der Waals surface area (Å²) in [5, 5.41) is 3.50. The lowest BCUT2D eigenvalue weighted by Gasteiger charge is -2.22. The number of ether oxygens (including phenoxy) is 2.